The van der Waals surface area contributed by atoms with Crippen LogP contribution in [0.3, 0.4) is 0 Å². The number of carbonyl (C=O) groups is 3. The summed E-state index contributed by atoms with van der Waals surface area (Å²) in [6.45, 7) is 1.59. The Labute approximate surface area is 176 Å². The van der Waals surface area contributed by atoms with Gasteiger partial charge in [-0.2, -0.15) is 0 Å². The fourth-order valence-corrected chi connectivity index (χ4v) is 3.01. The summed E-state index contributed by atoms with van der Waals surface area (Å²) >= 11 is 6.96. The number of anilines is 1. The fraction of sp³-hybridized carbons (Fsp3) is 0.211. The van der Waals surface area contributed by atoms with Crippen LogP contribution in [0.2, 0.25) is 5.02 Å². The number of methoxy groups -OCH3 is 1. The molecule has 29 heavy (non-hydrogen) atoms. The molecule has 0 aromatic heterocycles. The van der Waals surface area contributed by atoms with Gasteiger partial charge in [-0.3, -0.25) is 25.2 Å². The normalized spacial score (nSPS) is 11.3. The lowest BCUT2D eigenvalue weighted by Gasteiger charge is -2.14. The maximum atomic E-state index is 12.9. The molecule has 0 fully saturated rings. The summed E-state index contributed by atoms with van der Waals surface area (Å²) in [5.41, 5.74) is 5.21. The summed E-state index contributed by atoms with van der Waals surface area (Å²) < 4.78 is 18.0. The molecule has 1 unspecified atom stereocenters. The first kappa shape index (κ1) is 22.5. The van der Waals surface area contributed by atoms with Gasteiger partial charge in [0.05, 0.1) is 23.7 Å². The van der Waals surface area contributed by atoms with E-state index < -0.39 is 22.9 Å². The summed E-state index contributed by atoms with van der Waals surface area (Å²) in [5.74, 6) is -1.51. The molecule has 2 rings (SSSR count). The Hall–Kier alpha value is -2.78. The molecule has 7 nitrogen and oxygen atoms in total. The Morgan fingerprint density at radius 3 is 2.48 bits per heavy atom. The molecule has 3 amide bonds. The molecule has 2 aromatic carbocycles. The van der Waals surface area contributed by atoms with Gasteiger partial charge in [-0.05, 0) is 49.4 Å². The van der Waals surface area contributed by atoms with Crippen LogP contribution in [0.1, 0.15) is 17.3 Å². The van der Waals surface area contributed by atoms with Crippen LogP contribution in [0.15, 0.2) is 42.5 Å². The van der Waals surface area contributed by atoms with Crippen molar-refractivity contribution in [2.24, 2.45) is 0 Å². The van der Waals surface area contributed by atoms with Crippen LogP contribution >= 0.6 is 23.4 Å². The van der Waals surface area contributed by atoms with Gasteiger partial charge in [0.25, 0.3) is 11.8 Å². The smallest absolute Gasteiger partial charge is 0.273 e. The summed E-state index contributed by atoms with van der Waals surface area (Å²) in [6, 6.07) is 9.87. The van der Waals surface area contributed by atoms with Gasteiger partial charge >= 0.3 is 0 Å². The molecule has 3 N–H and O–H groups in total. The number of thioether (sulfide) groups is 1. The molecule has 0 aliphatic heterocycles. The number of hydrazine groups is 1. The van der Waals surface area contributed by atoms with E-state index in [0.717, 1.165) is 11.8 Å². The second-order valence-electron chi connectivity index (χ2n) is 5.80. The zero-order valence-corrected chi connectivity index (χ0v) is 17.2. The first-order chi connectivity index (χ1) is 13.8. The average Bonchev–Trinajstić information content (AvgIpc) is 2.71. The molecule has 0 radical (unpaired) electrons. The molecule has 0 heterocycles. The fourth-order valence-electron chi connectivity index (χ4n) is 2.15. The highest BCUT2D eigenvalue weighted by molar-refractivity contribution is 8.01. The van der Waals surface area contributed by atoms with Crippen LogP contribution in [0.5, 0.6) is 5.75 Å². The minimum absolute atomic E-state index is 0.00201. The van der Waals surface area contributed by atoms with Gasteiger partial charge in [0.1, 0.15) is 11.6 Å². The van der Waals surface area contributed by atoms with E-state index in [9.17, 15) is 18.8 Å². The lowest BCUT2D eigenvalue weighted by Crippen LogP contribution is -2.45. The summed E-state index contributed by atoms with van der Waals surface area (Å²) in [6.07, 6.45) is 0. The Morgan fingerprint density at radius 2 is 1.83 bits per heavy atom. The van der Waals surface area contributed by atoms with Crippen molar-refractivity contribution in [1.82, 2.24) is 10.9 Å². The molecule has 2 aromatic rings. The van der Waals surface area contributed by atoms with Crippen molar-refractivity contribution in [2.75, 3.05) is 18.2 Å². The average molecular weight is 440 g/mol. The van der Waals surface area contributed by atoms with E-state index in [-0.39, 0.29) is 17.2 Å². The Kier molecular flexibility index (Phi) is 8.29. The molecule has 154 valence electrons. The number of rotatable bonds is 7. The summed E-state index contributed by atoms with van der Waals surface area (Å²) in [7, 11) is 1.41. The predicted molar refractivity (Wildman–Crippen MR) is 111 cm³/mol. The lowest BCUT2D eigenvalue weighted by molar-refractivity contribution is -0.121. The zero-order chi connectivity index (χ0) is 21.4. The van der Waals surface area contributed by atoms with Crippen molar-refractivity contribution in [3.05, 3.63) is 58.9 Å². The van der Waals surface area contributed by atoms with Gasteiger partial charge in [0.15, 0.2) is 0 Å². The van der Waals surface area contributed by atoms with Gasteiger partial charge in [-0.15, -0.1) is 11.8 Å². The molecule has 0 aliphatic rings. The minimum atomic E-state index is -0.615. The highest BCUT2D eigenvalue weighted by Gasteiger charge is 2.18. The molecule has 0 saturated heterocycles. The van der Waals surface area contributed by atoms with Crippen LogP contribution in [-0.2, 0) is 9.59 Å². The molecule has 0 bridgehead atoms. The van der Waals surface area contributed by atoms with E-state index in [0.29, 0.717) is 16.5 Å². The van der Waals surface area contributed by atoms with Crippen LogP contribution in [0.4, 0.5) is 10.1 Å². The number of amides is 3. The van der Waals surface area contributed by atoms with E-state index in [1.54, 1.807) is 13.0 Å². The van der Waals surface area contributed by atoms with Gasteiger partial charge in [-0.25, -0.2) is 4.39 Å². The Morgan fingerprint density at radius 1 is 1.14 bits per heavy atom. The third-order valence-corrected chi connectivity index (χ3v) is 5.05. The highest BCUT2D eigenvalue weighted by Crippen LogP contribution is 2.22. The van der Waals surface area contributed by atoms with Crippen molar-refractivity contribution >= 4 is 46.8 Å². The minimum Gasteiger partial charge on any atom is -0.496 e. The number of halogens is 2. The van der Waals surface area contributed by atoms with Crippen molar-refractivity contribution in [1.29, 1.82) is 0 Å². The van der Waals surface area contributed by atoms with Crippen LogP contribution in [0, 0.1) is 5.82 Å². The number of carbonyl (C=O) groups excluding carboxylic acids is 3. The van der Waals surface area contributed by atoms with Crippen molar-refractivity contribution < 1.29 is 23.5 Å². The molecular weight excluding hydrogens is 421 g/mol. The molecule has 0 aliphatic carbocycles. The van der Waals surface area contributed by atoms with E-state index >= 15 is 0 Å². The third kappa shape index (κ3) is 6.95. The standard InChI is InChI=1S/C19H19ClFN3O4S/c1-11(29-10-17(25)22-14-6-4-13(21)5-7-14)18(26)23-24-19(27)15-9-12(20)3-8-16(15)28-2/h3-9,11H,10H2,1-2H3,(H,22,25)(H,23,26)(H,24,27). The molecule has 0 spiro atoms. The first-order valence-electron chi connectivity index (χ1n) is 8.41. The van der Waals surface area contributed by atoms with Crippen LogP contribution in [0.25, 0.3) is 0 Å². The van der Waals surface area contributed by atoms with E-state index in [1.807, 2.05) is 0 Å². The number of nitrogens with one attached hydrogen (secondary N) is 3. The van der Waals surface area contributed by atoms with Gasteiger partial charge in [0, 0.05) is 10.7 Å². The zero-order valence-electron chi connectivity index (χ0n) is 15.6. The summed E-state index contributed by atoms with van der Waals surface area (Å²) in [5, 5.41) is 2.33. The predicted octanol–water partition coefficient (Wildman–Crippen LogP) is 3.01. The van der Waals surface area contributed by atoms with Gasteiger partial charge in [0.2, 0.25) is 5.91 Å². The first-order valence-corrected chi connectivity index (χ1v) is 9.83. The summed E-state index contributed by atoms with van der Waals surface area (Å²) in [4.78, 5) is 36.3. The molecule has 10 heteroatoms. The maximum absolute atomic E-state index is 12.9. The number of hydrogen-bond donors (Lipinski definition) is 3. The van der Waals surface area contributed by atoms with Crippen LogP contribution in [-0.4, -0.2) is 35.8 Å². The monoisotopic (exact) mass is 439 g/mol. The number of hydrogen-bond acceptors (Lipinski definition) is 5. The van der Waals surface area contributed by atoms with Crippen molar-refractivity contribution in [3.8, 4) is 5.75 Å². The molecule has 1 atom stereocenters. The topological polar surface area (TPSA) is 96.5 Å². The molecular formula is C19H19ClFN3O4S. The second-order valence-corrected chi connectivity index (χ2v) is 7.56. The second kappa shape index (κ2) is 10.7. The van der Waals surface area contributed by atoms with Crippen molar-refractivity contribution in [2.45, 2.75) is 12.2 Å². The Bertz CT molecular complexity index is 896. The maximum Gasteiger partial charge on any atom is 0.273 e. The van der Waals surface area contributed by atoms with E-state index in [4.69, 9.17) is 16.3 Å². The van der Waals surface area contributed by atoms with Gasteiger partial charge < -0.3 is 10.1 Å². The number of benzene rings is 2. The van der Waals surface area contributed by atoms with Crippen LogP contribution < -0.4 is 20.9 Å². The van der Waals surface area contributed by atoms with E-state index in [1.165, 1.54) is 43.5 Å². The lowest BCUT2D eigenvalue weighted by atomic mass is 10.2. The largest absolute Gasteiger partial charge is 0.496 e. The SMILES string of the molecule is COc1ccc(Cl)cc1C(=O)NNC(=O)C(C)SCC(=O)Nc1ccc(F)cc1. The van der Waals surface area contributed by atoms with Crippen molar-refractivity contribution in [3.63, 3.8) is 0 Å². The van der Waals surface area contributed by atoms with E-state index in [2.05, 4.69) is 16.2 Å². The Balaban J connectivity index is 1.80. The quantitative estimate of drug-likeness (QED) is 0.576. The number of ether oxygens (including phenoxy) is 1. The highest BCUT2D eigenvalue weighted by atomic mass is 35.5. The van der Waals surface area contributed by atoms with Gasteiger partial charge in [-0.1, -0.05) is 11.6 Å². The molecule has 0 saturated carbocycles. The third-order valence-electron chi connectivity index (χ3n) is 3.67.